The molecule has 0 atom stereocenters. The fourth-order valence-electron chi connectivity index (χ4n) is 1.87. The number of H-pyrrole nitrogens is 1. The number of aromatic amines is 1. The smallest absolute Gasteiger partial charge is 0.280 e. The predicted octanol–water partition coefficient (Wildman–Crippen LogP) is 1.64. The minimum atomic E-state index is -0.224. The maximum absolute atomic E-state index is 12.2. The number of carbonyl (C=O) groups is 1. The zero-order valence-electron chi connectivity index (χ0n) is 8.92. The molecule has 5 nitrogen and oxygen atoms in total. The first-order valence-corrected chi connectivity index (χ1v) is 5.17. The molecule has 0 saturated carbocycles. The number of benzene rings is 1. The number of nitrogens with zero attached hydrogens (tertiary/aromatic N) is 2. The van der Waals surface area contributed by atoms with Crippen LogP contribution in [0.2, 0.25) is 0 Å². The van der Waals surface area contributed by atoms with Crippen LogP contribution >= 0.6 is 0 Å². The molecule has 0 aliphatic carbocycles. The van der Waals surface area contributed by atoms with Gasteiger partial charge in [0.05, 0.1) is 11.8 Å². The number of anilines is 1. The number of aromatic nitrogens is 3. The summed E-state index contributed by atoms with van der Waals surface area (Å²) in [5.41, 5.74) is 7.17. The SMILES string of the molecule is Nc1ccnn1C(=O)c1cccc2[nH]ccc12. The Bertz CT molecular complexity index is 695. The number of nitrogen functional groups attached to an aromatic ring is 1. The second-order valence-electron chi connectivity index (χ2n) is 3.72. The van der Waals surface area contributed by atoms with Crippen molar-refractivity contribution in [2.24, 2.45) is 0 Å². The van der Waals surface area contributed by atoms with Gasteiger partial charge in [-0.05, 0) is 18.2 Å². The van der Waals surface area contributed by atoms with Crippen LogP contribution in [-0.2, 0) is 0 Å². The molecule has 5 heteroatoms. The largest absolute Gasteiger partial charge is 0.383 e. The van der Waals surface area contributed by atoms with E-state index in [1.54, 1.807) is 18.3 Å². The van der Waals surface area contributed by atoms with Crippen LogP contribution in [0.5, 0.6) is 0 Å². The van der Waals surface area contributed by atoms with E-state index >= 15 is 0 Å². The van der Waals surface area contributed by atoms with Gasteiger partial charge in [-0.1, -0.05) is 6.07 Å². The van der Waals surface area contributed by atoms with Gasteiger partial charge in [0.1, 0.15) is 5.82 Å². The zero-order chi connectivity index (χ0) is 11.8. The minimum absolute atomic E-state index is 0.224. The van der Waals surface area contributed by atoms with Crippen molar-refractivity contribution in [3.63, 3.8) is 0 Å². The lowest BCUT2D eigenvalue weighted by atomic mass is 10.1. The lowest BCUT2D eigenvalue weighted by Gasteiger charge is -2.04. The molecule has 0 spiro atoms. The van der Waals surface area contributed by atoms with Gasteiger partial charge >= 0.3 is 0 Å². The molecule has 0 aliphatic heterocycles. The van der Waals surface area contributed by atoms with E-state index in [-0.39, 0.29) is 5.91 Å². The molecule has 0 amide bonds. The maximum Gasteiger partial charge on any atom is 0.280 e. The van der Waals surface area contributed by atoms with Gasteiger partial charge in [-0.15, -0.1) is 0 Å². The van der Waals surface area contributed by atoms with Gasteiger partial charge in [0.15, 0.2) is 0 Å². The third-order valence-corrected chi connectivity index (χ3v) is 2.69. The topological polar surface area (TPSA) is 76.7 Å². The summed E-state index contributed by atoms with van der Waals surface area (Å²) in [5.74, 6) is 0.111. The highest BCUT2D eigenvalue weighted by Crippen LogP contribution is 2.19. The molecule has 0 unspecified atom stereocenters. The van der Waals surface area contributed by atoms with Crippen molar-refractivity contribution in [3.05, 3.63) is 48.3 Å². The van der Waals surface area contributed by atoms with Gasteiger partial charge in [-0.25, -0.2) is 0 Å². The van der Waals surface area contributed by atoms with Crippen LogP contribution in [0.3, 0.4) is 0 Å². The molecule has 0 fully saturated rings. The number of carbonyl (C=O) groups excluding carboxylic acids is 1. The van der Waals surface area contributed by atoms with Crippen LogP contribution in [0.25, 0.3) is 10.9 Å². The molecule has 17 heavy (non-hydrogen) atoms. The molecule has 84 valence electrons. The third-order valence-electron chi connectivity index (χ3n) is 2.69. The molecule has 0 aliphatic rings. The van der Waals surface area contributed by atoms with E-state index in [0.717, 1.165) is 10.9 Å². The number of hydrogen-bond acceptors (Lipinski definition) is 3. The van der Waals surface area contributed by atoms with Crippen LogP contribution in [0.1, 0.15) is 10.4 Å². The van der Waals surface area contributed by atoms with E-state index < -0.39 is 0 Å². The molecule has 0 saturated heterocycles. The first-order chi connectivity index (χ1) is 8.27. The molecular formula is C12H10N4O. The number of nitrogens with two attached hydrogens (primary N) is 1. The second kappa shape index (κ2) is 3.48. The van der Waals surface area contributed by atoms with Gasteiger partial charge in [0.2, 0.25) is 0 Å². The summed E-state index contributed by atoms with van der Waals surface area (Å²) in [7, 11) is 0. The Kier molecular flexibility index (Phi) is 1.98. The van der Waals surface area contributed by atoms with E-state index in [1.807, 2.05) is 18.2 Å². The van der Waals surface area contributed by atoms with Crippen molar-refractivity contribution in [1.82, 2.24) is 14.8 Å². The van der Waals surface area contributed by atoms with Crippen molar-refractivity contribution in [3.8, 4) is 0 Å². The lowest BCUT2D eigenvalue weighted by Crippen LogP contribution is -2.16. The number of rotatable bonds is 1. The number of fused-ring (bicyclic) bond motifs is 1. The molecule has 0 radical (unpaired) electrons. The van der Waals surface area contributed by atoms with E-state index in [1.165, 1.54) is 10.9 Å². The van der Waals surface area contributed by atoms with Crippen molar-refractivity contribution >= 4 is 22.6 Å². The average molecular weight is 226 g/mol. The molecule has 1 aromatic carbocycles. The lowest BCUT2D eigenvalue weighted by molar-refractivity contribution is 0.0949. The molecular weight excluding hydrogens is 216 g/mol. The third kappa shape index (κ3) is 1.40. The summed E-state index contributed by atoms with van der Waals surface area (Å²) in [6, 6.07) is 8.96. The summed E-state index contributed by atoms with van der Waals surface area (Å²) in [5, 5.41) is 4.78. The Hall–Kier alpha value is -2.56. The van der Waals surface area contributed by atoms with Crippen LogP contribution in [-0.4, -0.2) is 20.7 Å². The van der Waals surface area contributed by atoms with Crippen molar-refractivity contribution in [2.75, 3.05) is 5.73 Å². The van der Waals surface area contributed by atoms with Crippen LogP contribution < -0.4 is 5.73 Å². The second-order valence-corrected chi connectivity index (χ2v) is 3.72. The average Bonchev–Trinajstić information content (AvgIpc) is 2.95. The van der Waals surface area contributed by atoms with Crippen LogP contribution in [0.15, 0.2) is 42.7 Å². The van der Waals surface area contributed by atoms with E-state index in [0.29, 0.717) is 11.4 Å². The fourth-order valence-corrected chi connectivity index (χ4v) is 1.87. The van der Waals surface area contributed by atoms with Crippen LogP contribution in [0, 0.1) is 0 Å². The summed E-state index contributed by atoms with van der Waals surface area (Å²) in [4.78, 5) is 15.3. The van der Waals surface area contributed by atoms with Gasteiger partial charge in [0.25, 0.3) is 5.91 Å². The Morgan fingerprint density at radius 1 is 1.29 bits per heavy atom. The summed E-state index contributed by atoms with van der Waals surface area (Å²) in [6.07, 6.45) is 3.30. The Morgan fingerprint density at radius 3 is 2.94 bits per heavy atom. The predicted molar refractivity (Wildman–Crippen MR) is 64.7 cm³/mol. The maximum atomic E-state index is 12.2. The quantitative estimate of drug-likeness (QED) is 0.662. The Balaban J connectivity index is 2.19. The van der Waals surface area contributed by atoms with Gasteiger partial charge in [-0.3, -0.25) is 4.79 Å². The van der Waals surface area contributed by atoms with Crippen molar-refractivity contribution in [1.29, 1.82) is 0 Å². The molecule has 3 rings (SSSR count). The molecule has 3 N–H and O–H groups in total. The van der Waals surface area contributed by atoms with Gasteiger partial charge < -0.3 is 10.7 Å². The summed E-state index contributed by atoms with van der Waals surface area (Å²) >= 11 is 0. The normalized spacial score (nSPS) is 10.8. The summed E-state index contributed by atoms with van der Waals surface area (Å²) in [6.45, 7) is 0. The Labute approximate surface area is 96.9 Å². The van der Waals surface area contributed by atoms with E-state index in [4.69, 9.17) is 5.73 Å². The van der Waals surface area contributed by atoms with Crippen LogP contribution in [0.4, 0.5) is 5.82 Å². The highest BCUT2D eigenvalue weighted by Gasteiger charge is 2.14. The molecule has 0 bridgehead atoms. The summed E-state index contributed by atoms with van der Waals surface area (Å²) < 4.78 is 1.20. The minimum Gasteiger partial charge on any atom is -0.383 e. The standard InChI is InChI=1S/C12H10N4O/c13-11-5-7-15-16(11)12(17)9-2-1-3-10-8(9)4-6-14-10/h1-7,14H,13H2. The van der Waals surface area contributed by atoms with Crippen molar-refractivity contribution < 1.29 is 4.79 Å². The molecule has 2 heterocycles. The highest BCUT2D eigenvalue weighted by atomic mass is 16.2. The van der Waals surface area contributed by atoms with Gasteiger partial charge in [0, 0.05) is 23.2 Å². The number of hydrogen-bond donors (Lipinski definition) is 2. The Morgan fingerprint density at radius 2 is 2.18 bits per heavy atom. The highest BCUT2D eigenvalue weighted by molar-refractivity contribution is 6.07. The van der Waals surface area contributed by atoms with Crippen molar-refractivity contribution in [2.45, 2.75) is 0 Å². The van der Waals surface area contributed by atoms with Gasteiger partial charge in [-0.2, -0.15) is 9.78 Å². The fraction of sp³-hybridized carbons (Fsp3) is 0. The molecule has 2 aromatic heterocycles. The monoisotopic (exact) mass is 226 g/mol. The first kappa shape index (κ1) is 9.65. The van der Waals surface area contributed by atoms with E-state index in [2.05, 4.69) is 10.1 Å². The first-order valence-electron chi connectivity index (χ1n) is 5.17. The number of nitrogens with one attached hydrogen (secondary N) is 1. The molecule has 3 aromatic rings. The van der Waals surface area contributed by atoms with E-state index in [9.17, 15) is 4.79 Å². The zero-order valence-corrected chi connectivity index (χ0v) is 8.92.